The van der Waals surface area contributed by atoms with Crippen molar-refractivity contribution in [1.29, 1.82) is 0 Å². The zero-order valence-electron chi connectivity index (χ0n) is 9.54. The molecule has 0 aromatic heterocycles. The molecule has 0 aromatic carbocycles. The van der Waals surface area contributed by atoms with Crippen molar-refractivity contribution >= 4 is 20.4 Å². The van der Waals surface area contributed by atoms with Crippen molar-refractivity contribution in [3.05, 3.63) is 0 Å². The SMILES string of the molecule is CC(C)(C)CCCC[SH2+].F[P-](F)(F)(F)(F)F. The summed E-state index contributed by atoms with van der Waals surface area (Å²) in [5.74, 6) is 1.15. The van der Waals surface area contributed by atoms with Crippen molar-refractivity contribution in [3.63, 3.8) is 0 Å². The molecule has 0 saturated heterocycles. The maximum atomic E-state index is 9.87. The summed E-state index contributed by atoms with van der Waals surface area (Å²) in [5, 5.41) is 0. The molecule has 0 saturated carbocycles. The molecule has 8 heteroatoms. The Kier molecular flexibility index (Phi) is 5.76. The van der Waals surface area contributed by atoms with Crippen LogP contribution in [-0.2, 0) is 12.6 Å². The molecule has 0 atom stereocenters. The van der Waals surface area contributed by atoms with Crippen molar-refractivity contribution < 1.29 is 25.2 Å². The van der Waals surface area contributed by atoms with Gasteiger partial charge in [-0.25, -0.2) is 0 Å². The van der Waals surface area contributed by atoms with Gasteiger partial charge in [0.25, 0.3) is 0 Å². The number of hydrogen-bond donors (Lipinski definition) is 0. The first-order valence-electron chi connectivity index (χ1n) is 4.72. The molecule has 0 aliphatic heterocycles. The van der Waals surface area contributed by atoms with Crippen LogP contribution in [0, 0.1) is 5.41 Å². The van der Waals surface area contributed by atoms with Crippen molar-refractivity contribution in [1.82, 2.24) is 0 Å². The Balaban J connectivity index is 0. The molecule has 0 amide bonds. The quantitative estimate of drug-likeness (QED) is 0.275. The Morgan fingerprint density at radius 2 is 1.19 bits per heavy atom. The molecule has 0 N–H and O–H groups in total. The molecule has 104 valence electrons. The summed E-state index contributed by atoms with van der Waals surface area (Å²) >= 11 is 3.46. The summed E-state index contributed by atoms with van der Waals surface area (Å²) in [7, 11) is -10.7. The van der Waals surface area contributed by atoms with Crippen LogP contribution in [0.4, 0.5) is 25.2 Å². The summed E-state index contributed by atoms with van der Waals surface area (Å²) in [6.07, 6.45) is 4.01. The van der Waals surface area contributed by atoms with Crippen LogP contribution >= 0.6 is 7.81 Å². The maximum absolute atomic E-state index is 10.7. The van der Waals surface area contributed by atoms with E-state index in [-0.39, 0.29) is 0 Å². The molecule has 0 spiro atoms. The van der Waals surface area contributed by atoms with Crippen LogP contribution in [0.5, 0.6) is 0 Å². The van der Waals surface area contributed by atoms with Gasteiger partial charge < -0.3 is 0 Å². The van der Waals surface area contributed by atoms with E-state index in [1.165, 1.54) is 19.3 Å². The zero-order valence-corrected chi connectivity index (χ0v) is 11.4. The fourth-order valence-electron chi connectivity index (χ4n) is 0.780. The Labute approximate surface area is 97.4 Å². The first-order valence-corrected chi connectivity index (χ1v) is 7.46. The summed E-state index contributed by atoms with van der Waals surface area (Å²) < 4.78 is 59.2. The summed E-state index contributed by atoms with van der Waals surface area (Å²) in [6, 6.07) is 0. The van der Waals surface area contributed by atoms with Crippen LogP contribution in [0.2, 0.25) is 0 Å². The van der Waals surface area contributed by atoms with E-state index in [4.69, 9.17) is 0 Å². The van der Waals surface area contributed by atoms with E-state index in [0.717, 1.165) is 5.75 Å². The summed E-state index contributed by atoms with van der Waals surface area (Å²) in [6.45, 7) is 6.88. The van der Waals surface area contributed by atoms with Crippen molar-refractivity contribution in [2.24, 2.45) is 5.41 Å². The van der Waals surface area contributed by atoms with Crippen LogP contribution in [0.1, 0.15) is 40.0 Å². The predicted octanol–water partition coefficient (Wildman–Crippen LogP) is 5.60. The second kappa shape index (κ2) is 4.92. The monoisotopic (exact) mass is 292 g/mol. The molecule has 0 aliphatic rings. The fourth-order valence-corrected chi connectivity index (χ4v) is 1.03. The normalized spacial score (nSPS) is 16.9. The summed E-state index contributed by atoms with van der Waals surface area (Å²) in [5.41, 5.74) is 0.529. The molecule has 0 radical (unpaired) electrons. The molecule has 16 heavy (non-hydrogen) atoms. The van der Waals surface area contributed by atoms with Crippen molar-refractivity contribution in [3.8, 4) is 0 Å². The van der Waals surface area contributed by atoms with Gasteiger partial charge in [0, 0.05) is 0 Å². The molecule has 0 fully saturated rings. The third kappa shape index (κ3) is 63.4. The van der Waals surface area contributed by atoms with E-state index < -0.39 is 7.81 Å². The van der Waals surface area contributed by atoms with Gasteiger partial charge >= 0.3 is 33.0 Å². The Bertz CT molecular complexity index is 189. The molecule has 0 aliphatic carbocycles. The van der Waals surface area contributed by atoms with E-state index in [1.807, 2.05) is 0 Å². The van der Waals surface area contributed by atoms with Crippen LogP contribution in [0.15, 0.2) is 0 Å². The van der Waals surface area contributed by atoms with Gasteiger partial charge in [-0.2, -0.15) is 0 Å². The molecular weight excluding hydrogens is 273 g/mol. The van der Waals surface area contributed by atoms with Gasteiger partial charge in [0.2, 0.25) is 0 Å². The molecule has 0 heterocycles. The number of hydrogen-bond acceptors (Lipinski definition) is 0. The van der Waals surface area contributed by atoms with Crippen molar-refractivity contribution in [2.45, 2.75) is 40.0 Å². The number of rotatable bonds is 3. The topological polar surface area (TPSA) is 0 Å². The molecule has 0 rings (SSSR count). The van der Waals surface area contributed by atoms with Gasteiger partial charge in [0.1, 0.15) is 5.75 Å². The standard InChI is InChI=1S/C8H18S.F6P/c1-8(2,3)6-4-5-7-9;1-7(2,3,4,5)6/h9H,4-7H2,1-3H3;/q;-1/p+1. The van der Waals surface area contributed by atoms with E-state index >= 15 is 0 Å². The second-order valence-electron chi connectivity index (χ2n) is 4.73. The van der Waals surface area contributed by atoms with Gasteiger partial charge in [-0.3, -0.25) is 0 Å². The van der Waals surface area contributed by atoms with Crippen LogP contribution < -0.4 is 0 Å². The summed E-state index contributed by atoms with van der Waals surface area (Å²) in [4.78, 5) is 0. The minimum absolute atomic E-state index is 0.529. The molecule has 0 unspecified atom stereocenters. The average molecular weight is 292 g/mol. The molecule has 0 nitrogen and oxygen atoms in total. The molecule has 0 bridgehead atoms. The Hall–Kier alpha value is 0.360. The molecule has 0 aromatic rings. The van der Waals surface area contributed by atoms with E-state index in [1.54, 1.807) is 0 Å². The van der Waals surface area contributed by atoms with Gasteiger partial charge in [-0.1, -0.05) is 20.8 Å². The first kappa shape index (κ1) is 18.7. The van der Waals surface area contributed by atoms with Gasteiger partial charge in [-0.05, 0) is 37.3 Å². The number of halogens is 6. The Morgan fingerprint density at radius 3 is 1.38 bits per heavy atom. The van der Waals surface area contributed by atoms with Crippen LogP contribution in [-0.4, -0.2) is 5.75 Å². The molecular formula is C8H19F6PS. The van der Waals surface area contributed by atoms with E-state index in [0.29, 0.717) is 5.41 Å². The predicted molar refractivity (Wildman–Crippen MR) is 61.9 cm³/mol. The van der Waals surface area contributed by atoms with E-state index in [2.05, 4.69) is 33.4 Å². The first-order chi connectivity index (χ1) is 6.51. The van der Waals surface area contributed by atoms with Crippen LogP contribution in [0.3, 0.4) is 0 Å². The average Bonchev–Trinajstić information content (AvgIpc) is 1.77. The van der Waals surface area contributed by atoms with Crippen molar-refractivity contribution in [2.75, 3.05) is 5.75 Å². The third-order valence-electron chi connectivity index (χ3n) is 1.35. The fraction of sp³-hybridized carbons (Fsp3) is 1.00. The third-order valence-corrected chi connectivity index (χ3v) is 1.71. The van der Waals surface area contributed by atoms with Crippen LogP contribution in [0.25, 0.3) is 0 Å². The zero-order chi connectivity index (χ0) is 13.7. The number of unbranched alkanes of at least 4 members (excludes halogenated alkanes) is 1. The van der Waals surface area contributed by atoms with E-state index in [9.17, 15) is 25.2 Å². The van der Waals surface area contributed by atoms with Gasteiger partial charge in [0.05, 0.1) is 0 Å². The van der Waals surface area contributed by atoms with Gasteiger partial charge in [0.15, 0.2) is 0 Å². The van der Waals surface area contributed by atoms with Gasteiger partial charge in [-0.15, -0.1) is 0 Å². The second-order valence-corrected chi connectivity index (χ2v) is 7.14. The minimum atomic E-state index is -10.7. The Morgan fingerprint density at radius 1 is 0.875 bits per heavy atom.